The van der Waals surface area contributed by atoms with Crippen LogP contribution in [0.3, 0.4) is 0 Å². The van der Waals surface area contributed by atoms with Gasteiger partial charge in [0.1, 0.15) is 0 Å². The maximum absolute atomic E-state index is 12.8. The minimum absolute atomic E-state index is 0.0943. The van der Waals surface area contributed by atoms with Crippen molar-refractivity contribution in [3.63, 3.8) is 0 Å². The molecule has 0 spiro atoms. The SMILES string of the molecule is CCCCN(CCCC)S(=O)(=O)c1ccc(N=C(N)N=C(N)N)cc1. The highest BCUT2D eigenvalue weighted by Gasteiger charge is 2.23. The van der Waals surface area contributed by atoms with E-state index in [4.69, 9.17) is 17.2 Å². The minimum Gasteiger partial charge on any atom is -0.370 e. The molecule has 8 nitrogen and oxygen atoms in total. The molecule has 0 radical (unpaired) electrons. The van der Waals surface area contributed by atoms with E-state index < -0.39 is 10.0 Å². The number of guanidine groups is 2. The van der Waals surface area contributed by atoms with Gasteiger partial charge < -0.3 is 17.2 Å². The van der Waals surface area contributed by atoms with Crippen LogP contribution in [0.5, 0.6) is 0 Å². The summed E-state index contributed by atoms with van der Waals surface area (Å²) in [4.78, 5) is 7.85. The van der Waals surface area contributed by atoms with Crippen molar-refractivity contribution in [2.45, 2.75) is 44.4 Å². The van der Waals surface area contributed by atoms with Gasteiger partial charge in [-0.25, -0.2) is 13.4 Å². The van der Waals surface area contributed by atoms with Gasteiger partial charge in [0.2, 0.25) is 16.0 Å². The molecular formula is C16H28N6O2S. The van der Waals surface area contributed by atoms with Crippen LogP contribution in [0.25, 0.3) is 0 Å². The number of hydrogen-bond donors (Lipinski definition) is 3. The molecule has 0 aliphatic heterocycles. The molecule has 0 saturated heterocycles. The van der Waals surface area contributed by atoms with Crippen molar-refractivity contribution >= 4 is 27.6 Å². The van der Waals surface area contributed by atoms with Crippen LogP contribution in [0.15, 0.2) is 39.1 Å². The second-order valence-electron chi connectivity index (χ2n) is 5.61. The number of nitrogens with zero attached hydrogens (tertiary/aromatic N) is 3. The molecule has 0 saturated carbocycles. The van der Waals surface area contributed by atoms with Crippen LogP contribution in [-0.4, -0.2) is 37.7 Å². The Morgan fingerprint density at radius 2 is 1.52 bits per heavy atom. The lowest BCUT2D eigenvalue weighted by molar-refractivity contribution is 0.395. The molecule has 1 rings (SSSR count). The van der Waals surface area contributed by atoms with Crippen LogP contribution in [0.4, 0.5) is 5.69 Å². The van der Waals surface area contributed by atoms with Gasteiger partial charge in [0.25, 0.3) is 0 Å². The highest BCUT2D eigenvalue weighted by Crippen LogP contribution is 2.21. The van der Waals surface area contributed by atoms with Gasteiger partial charge in [-0.3, -0.25) is 0 Å². The van der Waals surface area contributed by atoms with Gasteiger partial charge in [-0.15, -0.1) is 0 Å². The van der Waals surface area contributed by atoms with E-state index in [1.54, 1.807) is 16.4 Å². The molecule has 0 amide bonds. The summed E-state index contributed by atoms with van der Waals surface area (Å²) < 4.78 is 27.2. The first kappa shape index (κ1) is 20.9. The van der Waals surface area contributed by atoms with Gasteiger partial charge >= 0.3 is 0 Å². The van der Waals surface area contributed by atoms with Crippen LogP contribution >= 0.6 is 0 Å². The lowest BCUT2D eigenvalue weighted by Crippen LogP contribution is -2.33. The summed E-state index contributed by atoms with van der Waals surface area (Å²) in [5.74, 6) is -0.286. The third kappa shape index (κ3) is 6.71. The molecule has 25 heavy (non-hydrogen) atoms. The maximum Gasteiger partial charge on any atom is 0.243 e. The highest BCUT2D eigenvalue weighted by molar-refractivity contribution is 7.89. The lowest BCUT2D eigenvalue weighted by atomic mass is 10.3. The Morgan fingerprint density at radius 1 is 1.00 bits per heavy atom. The second-order valence-corrected chi connectivity index (χ2v) is 7.55. The van der Waals surface area contributed by atoms with Crippen LogP contribution in [0, 0.1) is 0 Å². The zero-order valence-electron chi connectivity index (χ0n) is 14.9. The molecule has 1 aromatic carbocycles. The van der Waals surface area contributed by atoms with E-state index in [0.717, 1.165) is 25.7 Å². The zero-order chi connectivity index (χ0) is 18.9. The molecule has 6 N–H and O–H groups in total. The Kier molecular flexibility index (Phi) is 8.36. The quantitative estimate of drug-likeness (QED) is 0.447. The normalized spacial score (nSPS) is 12.4. The predicted molar refractivity (Wildman–Crippen MR) is 102 cm³/mol. The van der Waals surface area contributed by atoms with E-state index in [9.17, 15) is 8.42 Å². The molecule has 1 aromatic rings. The Bertz CT molecular complexity index is 686. The van der Waals surface area contributed by atoms with Gasteiger partial charge in [-0.1, -0.05) is 26.7 Å². The fraction of sp³-hybridized carbons (Fsp3) is 0.500. The molecule has 0 bridgehead atoms. The van der Waals surface area contributed by atoms with E-state index in [-0.39, 0.29) is 16.8 Å². The van der Waals surface area contributed by atoms with Crippen molar-refractivity contribution in [1.82, 2.24) is 4.31 Å². The van der Waals surface area contributed by atoms with Crippen molar-refractivity contribution in [2.75, 3.05) is 13.1 Å². The molecule has 0 fully saturated rings. The molecule has 0 aromatic heterocycles. The number of sulfonamides is 1. The summed E-state index contributed by atoms with van der Waals surface area (Å²) in [6.45, 7) is 5.13. The third-order valence-electron chi connectivity index (χ3n) is 3.48. The fourth-order valence-corrected chi connectivity index (χ4v) is 3.67. The van der Waals surface area contributed by atoms with Crippen LogP contribution in [0.1, 0.15) is 39.5 Å². The smallest absolute Gasteiger partial charge is 0.243 e. The molecular weight excluding hydrogens is 340 g/mol. The number of rotatable bonds is 9. The first-order chi connectivity index (χ1) is 11.8. The van der Waals surface area contributed by atoms with Crippen molar-refractivity contribution in [2.24, 2.45) is 27.2 Å². The van der Waals surface area contributed by atoms with Crippen molar-refractivity contribution in [1.29, 1.82) is 0 Å². The van der Waals surface area contributed by atoms with Gasteiger partial charge in [0, 0.05) is 13.1 Å². The molecule has 0 aliphatic carbocycles. The van der Waals surface area contributed by atoms with Crippen molar-refractivity contribution < 1.29 is 8.42 Å². The molecule has 0 aliphatic rings. The number of benzene rings is 1. The Labute approximate surface area is 149 Å². The topological polar surface area (TPSA) is 140 Å². The lowest BCUT2D eigenvalue weighted by Gasteiger charge is -2.22. The van der Waals surface area contributed by atoms with Gasteiger partial charge in [-0.2, -0.15) is 9.30 Å². The number of unbranched alkanes of at least 4 members (excludes halogenated alkanes) is 2. The van der Waals surface area contributed by atoms with Crippen molar-refractivity contribution in [3.05, 3.63) is 24.3 Å². The maximum atomic E-state index is 12.8. The molecule has 0 heterocycles. The highest BCUT2D eigenvalue weighted by atomic mass is 32.2. The Hall–Kier alpha value is -2.13. The van der Waals surface area contributed by atoms with Gasteiger partial charge in [0.15, 0.2) is 5.96 Å². The molecule has 0 unspecified atom stereocenters. The third-order valence-corrected chi connectivity index (χ3v) is 5.40. The fourth-order valence-electron chi connectivity index (χ4n) is 2.15. The largest absolute Gasteiger partial charge is 0.370 e. The Balaban J connectivity index is 3.02. The number of nitrogens with two attached hydrogens (primary N) is 3. The Morgan fingerprint density at radius 3 is 1.96 bits per heavy atom. The van der Waals surface area contributed by atoms with Crippen LogP contribution in [-0.2, 0) is 10.0 Å². The zero-order valence-corrected chi connectivity index (χ0v) is 15.7. The summed E-state index contributed by atoms with van der Waals surface area (Å²) in [5, 5.41) is 0. The van der Waals surface area contributed by atoms with E-state index >= 15 is 0 Å². The average molecular weight is 369 g/mol. The monoisotopic (exact) mass is 368 g/mol. The average Bonchev–Trinajstić information content (AvgIpc) is 2.54. The predicted octanol–water partition coefficient (Wildman–Crippen LogP) is 1.50. The van der Waals surface area contributed by atoms with Gasteiger partial charge in [-0.05, 0) is 37.1 Å². The van der Waals surface area contributed by atoms with Gasteiger partial charge in [0.05, 0.1) is 10.6 Å². The van der Waals surface area contributed by atoms with Crippen molar-refractivity contribution in [3.8, 4) is 0 Å². The number of aliphatic imine (C=N–C) groups is 2. The van der Waals surface area contributed by atoms with Crippen LogP contribution in [0.2, 0.25) is 0 Å². The summed E-state index contributed by atoms with van der Waals surface area (Å²) in [7, 11) is -3.52. The van der Waals surface area contributed by atoms with Crippen LogP contribution < -0.4 is 17.2 Å². The van der Waals surface area contributed by atoms with E-state index in [1.807, 2.05) is 13.8 Å². The summed E-state index contributed by atoms with van der Waals surface area (Å²) in [6, 6.07) is 6.17. The first-order valence-corrected chi connectivity index (χ1v) is 9.79. The first-order valence-electron chi connectivity index (χ1n) is 8.35. The summed E-state index contributed by atoms with van der Waals surface area (Å²) >= 11 is 0. The molecule has 0 atom stereocenters. The summed E-state index contributed by atoms with van der Waals surface area (Å²) in [5.41, 5.74) is 16.5. The number of hydrogen-bond acceptors (Lipinski definition) is 3. The van der Waals surface area contributed by atoms with E-state index in [2.05, 4.69) is 9.98 Å². The van der Waals surface area contributed by atoms with E-state index in [1.165, 1.54) is 12.1 Å². The second kappa shape index (κ2) is 10.00. The minimum atomic E-state index is -3.52. The summed E-state index contributed by atoms with van der Waals surface area (Å²) in [6.07, 6.45) is 3.55. The standard InChI is InChI=1S/C16H28N6O2S/c1-3-5-11-22(12-6-4-2)25(23,24)14-9-7-13(8-10-14)20-16(19)21-15(17)18/h7-10H,3-6,11-12H2,1-2H3,(H6,17,18,19,20,21). The van der Waals surface area contributed by atoms with E-state index in [0.29, 0.717) is 18.8 Å². The molecule has 140 valence electrons. The molecule has 9 heteroatoms.